The fourth-order valence-corrected chi connectivity index (χ4v) is 1.59. The van der Waals surface area contributed by atoms with Crippen LogP contribution in [0.25, 0.3) is 0 Å². The summed E-state index contributed by atoms with van der Waals surface area (Å²) in [5, 5.41) is 12.6. The van der Waals surface area contributed by atoms with Crippen molar-refractivity contribution in [1.29, 1.82) is 0 Å². The molecular weight excluding hydrogens is 258 g/mol. The number of carbonyl (C=O) groups excluding carboxylic acids is 1. The molecule has 1 aromatic carbocycles. The van der Waals surface area contributed by atoms with Crippen molar-refractivity contribution in [2.45, 2.75) is 25.6 Å². The van der Waals surface area contributed by atoms with Crippen molar-refractivity contribution < 1.29 is 19.4 Å². The van der Waals surface area contributed by atoms with Crippen molar-refractivity contribution in [2.24, 2.45) is 0 Å². The van der Waals surface area contributed by atoms with E-state index in [-0.39, 0.29) is 19.1 Å². The van der Waals surface area contributed by atoms with Crippen molar-refractivity contribution in [3.63, 3.8) is 0 Å². The molecule has 0 spiro atoms. The lowest BCUT2D eigenvalue weighted by Crippen LogP contribution is -2.42. The van der Waals surface area contributed by atoms with Crippen LogP contribution < -0.4 is 5.32 Å². The van der Waals surface area contributed by atoms with E-state index in [1.165, 1.54) is 0 Å². The van der Waals surface area contributed by atoms with E-state index in [1.54, 1.807) is 14.0 Å². The lowest BCUT2D eigenvalue weighted by atomic mass is 10.0. The predicted molar refractivity (Wildman–Crippen MR) is 76.2 cm³/mol. The number of hydrogen-bond donors (Lipinski definition) is 2. The Morgan fingerprint density at radius 1 is 1.35 bits per heavy atom. The minimum atomic E-state index is -0.967. The Balaban J connectivity index is 2.17. The second kappa shape index (κ2) is 8.68. The van der Waals surface area contributed by atoms with Gasteiger partial charge in [-0.1, -0.05) is 30.3 Å². The van der Waals surface area contributed by atoms with E-state index >= 15 is 0 Å². The van der Waals surface area contributed by atoms with E-state index in [4.69, 9.17) is 9.47 Å². The van der Waals surface area contributed by atoms with Crippen LogP contribution in [0.3, 0.4) is 0 Å². The zero-order valence-corrected chi connectivity index (χ0v) is 12.1. The number of nitrogens with one attached hydrogen (secondary N) is 1. The van der Waals surface area contributed by atoms with Crippen LogP contribution in [0.15, 0.2) is 30.3 Å². The smallest absolute Gasteiger partial charge is 0.246 e. The monoisotopic (exact) mass is 281 g/mol. The summed E-state index contributed by atoms with van der Waals surface area (Å²) in [4.78, 5) is 11.6. The number of benzene rings is 1. The molecule has 1 aromatic rings. The number of methoxy groups -OCH3 is 1. The molecule has 0 aliphatic carbocycles. The van der Waals surface area contributed by atoms with Gasteiger partial charge in [0.05, 0.1) is 12.2 Å². The van der Waals surface area contributed by atoms with E-state index in [0.29, 0.717) is 19.6 Å². The van der Waals surface area contributed by atoms with Gasteiger partial charge in [-0.3, -0.25) is 4.79 Å². The molecule has 5 heteroatoms. The Morgan fingerprint density at radius 2 is 2.05 bits per heavy atom. The molecular formula is C15H23NO4. The maximum absolute atomic E-state index is 11.6. The van der Waals surface area contributed by atoms with Crippen molar-refractivity contribution in [2.75, 3.05) is 26.9 Å². The fraction of sp³-hybridized carbons (Fsp3) is 0.533. The van der Waals surface area contributed by atoms with Gasteiger partial charge in [-0.15, -0.1) is 0 Å². The third-order valence-corrected chi connectivity index (χ3v) is 2.86. The van der Waals surface area contributed by atoms with E-state index in [0.717, 1.165) is 5.56 Å². The maximum atomic E-state index is 11.6. The molecule has 1 amide bonds. The minimum Gasteiger partial charge on any atom is -0.388 e. The average molecular weight is 281 g/mol. The molecule has 2 N–H and O–H groups in total. The summed E-state index contributed by atoms with van der Waals surface area (Å²) in [5.41, 5.74) is 0.0536. The third-order valence-electron chi connectivity index (χ3n) is 2.86. The van der Waals surface area contributed by atoms with Gasteiger partial charge in [0.2, 0.25) is 5.91 Å². The van der Waals surface area contributed by atoms with Crippen LogP contribution in [-0.4, -0.2) is 43.5 Å². The number of hydrogen-bond acceptors (Lipinski definition) is 4. The summed E-state index contributed by atoms with van der Waals surface area (Å²) >= 11 is 0. The van der Waals surface area contributed by atoms with Crippen molar-refractivity contribution in [1.82, 2.24) is 5.32 Å². The lowest BCUT2D eigenvalue weighted by Gasteiger charge is -2.23. The molecule has 20 heavy (non-hydrogen) atoms. The molecule has 5 nitrogen and oxygen atoms in total. The van der Waals surface area contributed by atoms with Crippen LogP contribution >= 0.6 is 0 Å². The summed E-state index contributed by atoms with van der Waals surface area (Å²) in [7, 11) is 1.58. The zero-order chi connectivity index (χ0) is 14.8. The van der Waals surface area contributed by atoms with Gasteiger partial charge in [-0.25, -0.2) is 0 Å². The highest BCUT2D eigenvalue weighted by atomic mass is 16.5. The molecule has 0 bridgehead atoms. The molecule has 0 aromatic heterocycles. The molecule has 1 unspecified atom stereocenters. The fourth-order valence-electron chi connectivity index (χ4n) is 1.59. The first kappa shape index (κ1) is 16.6. The van der Waals surface area contributed by atoms with Gasteiger partial charge < -0.3 is 19.9 Å². The van der Waals surface area contributed by atoms with Crippen LogP contribution in [0, 0.1) is 0 Å². The SMILES string of the molecule is COCCC(C)(O)CNC(=O)COCc1ccccc1. The average Bonchev–Trinajstić information content (AvgIpc) is 2.44. The third kappa shape index (κ3) is 7.23. The summed E-state index contributed by atoms with van der Waals surface area (Å²) in [5.74, 6) is -0.237. The van der Waals surface area contributed by atoms with Crippen molar-refractivity contribution in [3.05, 3.63) is 35.9 Å². The van der Waals surface area contributed by atoms with Gasteiger partial charge in [-0.2, -0.15) is 0 Å². The zero-order valence-electron chi connectivity index (χ0n) is 12.1. The lowest BCUT2D eigenvalue weighted by molar-refractivity contribution is -0.127. The van der Waals surface area contributed by atoms with Crippen LogP contribution in [0.5, 0.6) is 0 Å². The summed E-state index contributed by atoms with van der Waals surface area (Å²) in [6.45, 7) is 2.68. The second-order valence-electron chi connectivity index (χ2n) is 4.99. The molecule has 0 saturated heterocycles. The number of carbonyl (C=O) groups is 1. The number of amides is 1. The van der Waals surface area contributed by atoms with Gasteiger partial charge in [0.25, 0.3) is 0 Å². The van der Waals surface area contributed by atoms with Gasteiger partial charge in [0.15, 0.2) is 0 Å². The second-order valence-corrected chi connectivity index (χ2v) is 4.99. The summed E-state index contributed by atoms with van der Waals surface area (Å²) < 4.78 is 10.2. The molecule has 0 aliphatic heterocycles. The molecule has 0 heterocycles. The molecule has 1 rings (SSSR count). The van der Waals surface area contributed by atoms with E-state index in [2.05, 4.69) is 5.32 Å². The first-order chi connectivity index (χ1) is 9.53. The van der Waals surface area contributed by atoms with Crippen LogP contribution in [0.1, 0.15) is 18.9 Å². The molecule has 0 aliphatic rings. The largest absolute Gasteiger partial charge is 0.388 e. The van der Waals surface area contributed by atoms with E-state index < -0.39 is 5.60 Å². The number of aliphatic hydroxyl groups is 1. The predicted octanol–water partition coefficient (Wildman–Crippen LogP) is 1.11. The van der Waals surface area contributed by atoms with Gasteiger partial charge in [-0.05, 0) is 12.5 Å². The van der Waals surface area contributed by atoms with E-state index in [1.807, 2.05) is 30.3 Å². The van der Waals surface area contributed by atoms with Gasteiger partial charge in [0, 0.05) is 26.7 Å². The first-order valence-corrected chi connectivity index (χ1v) is 6.63. The Kier molecular flexibility index (Phi) is 7.22. The van der Waals surface area contributed by atoms with Gasteiger partial charge in [0.1, 0.15) is 6.61 Å². The highest BCUT2D eigenvalue weighted by Gasteiger charge is 2.20. The molecule has 1 atom stereocenters. The number of rotatable bonds is 9. The van der Waals surface area contributed by atoms with E-state index in [9.17, 15) is 9.90 Å². The number of ether oxygens (including phenoxy) is 2. The van der Waals surface area contributed by atoms with Crippen LogP contribution in [0.2, 0.25) is 0 Å². The molecule has 0 saturated carbocycles. The standard InChI is InChI=1S/C15H23NO4/c1-15(18,8-9-19-2)12-16-14(17)11-20-10-13-6-4-3-5-7-13/h3-7,18H,8-12H2,1-2H3,(H,16,17). The van der Waals surface area contributed by atoms with Gasteiger partial charge >= 0.3 is 0 Å². The quantitative estimate of drug-likeness (QED) is 0.711. The van der Waals surface area contributed by atoms with Crippen LogP contribution in [0.4, 0.5) is 0 Å². The Morgan fingerprint density at radius 3 is 2.70 bits per heavy atom. The highest BCUT2D eigenvalue weighted by molar-refractivity contribution is 5.77. The first-order valence-electron chi connectivity index (χ1n) is 6.63. The molecule has 0 fully saturated rings. The van der Waals surface area contributed by atoms with Crippen molar-refractivity contribution in [3.8, 4) is 0 Å². The Hall–Kier alpha value is -1.43. The van der Waals surface area contributed by atoms with Crippen molar-refractivity contribution >= 4 is 5.91 Å². The minimum absolute atomic E-state index is 0.0186. The maximum Gasteiger partial charge on any atom is 0.246 e. The molecule has 0 radical (unpaired) electrons. The summed E-state index contributed by atoms with van der Waals surface area (Å²) in [6, 6.07) is 9.65. The molecule has 112 valence electrons. The highest BCUT2D eigenvalue weighted by Crippen LogP contribution is 2.07. The normalized spacial score (nSPS) is 13.8. The summed E-state index contributed by atoms with van der Waals surface area (Å²) in [6.07, 6.45) is 0.467. The Bertz CT molecular complexity index is 392. The van der Waals surface area contributed by atoms with Crippen LogP contribution in [-0.2, 0) is 20.9 Å². The Labute approximate surface area is 119 Å². The topological polar surface area (TPSA) is 67.8 Å².